The molecule has 0 aromatic heterocycles. The summed E-state index contributed by atoms with van der Waals surface area (Å²) in [6.45, 7) is 3.10. The van der Waals surface area contributed by atoms with E-state index in [1.54, 1.807) is 0 Å². The zero-order chi connectivity index (χ0) is 13.6. The summed E-state index contributed by atoms with van der Waals surface area (Å²) in [7, 11) is 0. The molecular formula is C18H20N2. The molecule has 2 aliphatic rings. The summed E-state index contributed by atoms with van der Waals surface area (Å²) in [5.74, 6) is 0.502. The van der Waals surface area contributed by atoms with Crippen LogP contribution in [0.5, 0.6) is 0 Å². The second-order valence-electron chi connectivity index (χ2n) is 6.32. The minimum Gasteiger partial charge on any atom is -0.323 e. The average Bonchev–Trinajstić information content (AvgIpc) is 2.89. The Bertz CT molecular complexity index is 622. The van der Waals surface area contributed by atoms with Crippen LogP contribution in [0.25, 0.3) is 0 Å². The van der Waals surface area contributed by atoms with Gasteiger partial charge in [-0.25, -0.2) is 0 Å². The number of rotatable bonds is 2. The van der Waals surface area contributed by atoms with E-state index < -0.39 is 0 Å². The van der Waals surface area contributed by atoms with Crippen LogP contribution in [0.3, 0.4) is 0 Å². The van der Waals surface area contributed by atoms with Crippen LogP contribution < -0.4 is 5.73 Å². The Hall–Kier alpha value is -1.64. The fourth-order valence-corrected chi connectivity index (χ4v) is 3.97. The van der Waals surface area contributed by atoms with Gasteiger partial charge < -0.3 is 5.73 Å². The van der Waals surface area contributed by atoms with E-state index in [9.17, 15) is 0 Å². The Balaban J connectivity index is 1.57. The van der Waals surface area contributed by atoms with Crippen molar-refractivity contribution >= 4 is 0 Å². The zero-order valence-corrected chi connectivity index (χ0v) is 11.6. The van der Waals surface area contributed by atoms with Crippen LogP contribution in [0.1, 0.15) is 22.6 Å². The molecule has 1 fully saturated rings. The second-order valence-corrected chi connectivity index (χ2v) is 6.32. The van der Waals surface area contributed by atoms with Gasteiger partial charge >= 0.3 is 0 Å². The van der Waals surface area contributed by atoms with Gasteiger partial charge in [0, 0.05) is 31.1 Å². The SMILES string of the molecule is N[C@@]12Cc3ccccc3[C@H]1CN(Cc1ccccc1)C2. The van der Waals surface area contributed by atoms with Gasteiger partial charge in [0.25, 0.3) is 0 Å². The number of nitrogens with two attached hydrogens (primary N) is 1. The van der Waals surface area contributed by atoms with Crippen LogP contribution in [-0.4, -0.2) is 23.5 Å². The van der Waals surface area contributed by atoms with Gasteiger partial charge in [-0.1, -0.05) is 54.6 Å². The summed E-state index contributed by atoms with van der Waals surface area (Å²) in [5.41, 5.74) is 11.0. The molecule has 2 aromatic carbocycles. The lowest BCUT2D eigenvalue weighted by Gasteiger charge is -2.23. The second kappa shape index (κ2) is 4.44. The molecule has 0 bridgehead atoms. The van der Waals surface area contributed by atoms with Gasteiger partial charge in [-0.3, -0.25) is 4.90 Å². The molecule has 1 saturated heterocycles. The van der Waals surface area contributed by atoms with Gasteiger partial charge in [0.15, 0.2) is 0 Å². The maximum atomic E-state index is 6.72. The lowest BCUT2D eigenvalue weighted by molar-refractivity contribution is 0.302. The quantitative estimate of drug-likeness (QED) is 0.903. The minimum absolute atomic E-state index is 0.0571. The van der Waals surface area contributed by atoms with E-state index in [2.05, 4.69) is 59.5 Å². The van der Waals surface area contributed by atoms with Crippen LogP contribution in [0.15, 0.2) is 54.6 Å². The van der Waals surface area contributed by atoms with Gasteiger partial charge in [-0.15, -0.1) is 0 Å². The molecule has 4 rings (SSSR count). The summed E-state index contributed by atoms with van der Waals surface area (Å²) < 4.78 is 0. The summed E-state index contributed by atoms with van der Waals surface area (Å²) >= 11 is 0. The van der Waals surface area contributed by atoms with Crippen LogP contribution in [0.2, 0.25) is 0 Å². The molecule has 1 aliphatic heterocycles. The first-order chi connectivity index (χ1) is 9.74. The van der Waals surface area contributed by atoms with E-state index in [0.717, 1.165) is 26.1 Å². The number of nitrogens with zero attached hydrogens (tertiary/aromatic N) is 1. The van der Waals surface area contributed by atoms with Crippen LogP contribution in [0, 0.1) is 0 Å². The van der Waals surface area contributed by atoms with Crippen molar-refractivity contribution in [3.63, 3.8) is 0 Å². The predicted molar refractivity (Wildman–Crippen MR) is 81.5 cm³/mol. The highest BCUT2D eigenvalue weighted by Gasteiger charge is 2.49. The van der Waals surface area contributed by atoms with Crippen LogP contribution >= 0.6 is 0 Å². The standard InChI is InChI=1S/C18H20N2/c19-18-10-15-8-4-5-9-16(15)17(18)12-20(13-18)11-14-6-2-1-3-7-14/h1-9,17H,10-13,19H2/t17-,18-/m1/s1. The van der Waals surface area contributed by atoms with Gasteiger partial charge in [-0.2, -0.15) is 0 Å². The minimum atomic E-state index is -0.0571. The maximum absolute atomic E-state index is 6.72. The van der Waals surface area contributed by atoms with E-state index in [1.165, 1.54) is 16.7 Å². The third kappa shape index (κ3) is 1.88. The average molecular weight is 264 g/mol. The zero-order valence-electron chi connectivity index (χ0n) is 11.6. The summed E-state index contributed by atoms with van der Waals surface area (Å²) in [5, 5.41) is 0. The Morgan fingerprint density at radius 1 is 1.05 bits per heavy atom. The molecule has 0 unspecified atom stereocenters. The summed E-state index contributed by atoms with van der Waals surface area (Å²) in [4.78, 5) is 2.51. The van der Waals surface area contributed by atoms with E-state index in [4.69, 9.17) is 5.73 Å². The van der Waals surface area contributed by atoms with Crippen molar-refractivity contribution in [3.8, 4) is 0 Å². The normalized spacial score (nSPS) is 28.4. The Kier molecular flexibility index (Phi) is 2.69. The first kappa shape index (κ1) is 12.1. The first-order valence-electron chi connectivity index (χ1n) is 7.38. The van der Waals surface area contributed by atoms with Crippen molar-refractivity contribution in [2.45, 2.75) is 24.4 Å². The maximum Gasteiger partial charge on any atom is 0.0406 e. The molecule has 0 spiro atoms. The van der Waals surface area contributed by atoms with Crippen molar-refractivity contribution in [3.05, 3.63) is 71.3 Å². The molecule has 0 saturated carbocycles. The van der Waals surface area contributed by atoms with Crippen molar-refractivity contribution < 1.29 is 0 Å². The van der Waals surface area contributed by atoms with Crippen molar-refractivity contribution in [1.29, 1.82) is 0 Å². The lowest BCUT2D eigenvalue weighted by Crippen LogP contribution is -2.45. The monoisotopic (exact) mass is 264 g/mol. The lowest BCUT2D eigenvalue weighted by atomic mass is 9.89. The third-order valence-electron chi connectivity index (χ3n) is 4.85. The number of hydrogen-bond donors (Lipinski definition) is 1. The molecule has 2 heteroatoms. The number of likely N-dealkylation sites (tertiary alicyclic amines) is 1. The summed E-state index contributed by atoms with van der Waals surface area (Å²) in [6.07, 6.45) is 1.03. The Morgan fingerprint density at radius 3 is 2.65 bits per heavy atom. The third-order valence-corrected chi connectivity index (χ3v) is 4.85. The van der Waals surface area contributed by atoms with Crippen LogP contribution in [0.4, 0.5) is 0 Å². The number of hydrogen-bond acceptors (Lipinski definition) is 2. The van der Waals surface area contributed by atoms with Gasteiger partial charge in [0.2, 0.25) is 0 Å². The topological polar surface area (TPSA) is 29.3 Å². The van der Waals surface area contributed by atoms with Crippen molar-refractivity contribution in [2.24, 2.45) is 5.73 Å². The van der Waals surface area contributed by atoms with E-state index in [-0.39, 0.29) is 5.54 Å². The van der Waals surface area contributed by atoms with E-state index in [0.29, 0.717) is 5.92 Å². The molecule has 102 valence electrons. The molecule has 2 aromatic rings. The molecule has 1 heterocycles. The molecule has 20 heavy (non-hydrogen) atoms. The Labute approximate surface area is 120 Å². The van der Waals surface area contributed by atoms with E-state index >= 15 is 0 Å². The smallest absolute Gasteiger partial charge is 0.0406 e. The largest absolute Gasteiger partial charge is 0.323 e. The highest BCUT2D eigenvalue weighted by Crippen LogP contribution is 2.44. The van der Waals surface area contributed by atoms with Gasteiger partial charge in [0.05, 0.1) is 0 Å². The molecular weight excluding hydrogens is 244 g/mol. The molecule has 2 nitrogen and oxygen atoms in total. The molecule has 1 aliphatic carbocycles. The Morgan fingerprint density at radius 2 is 1.80 bits per heavy atom. The highest BCUT2D eigenvalue weighted by molar-refractivity contribution is 5.42. The predicted octanol–water partition coefficient (Wildman–Crippen LogP) is 2.54. The van der Waals surface area contributed by atoms with Crippen LogP contribution in [-0.2, 0) is 13.0 Å². The number of fused-ring (bicyclic) bond motifs is 3. The fraction of sp³-hybridized carbons (Fsp3) is 0.333. The van der Waals surface area contributed by atoms with Crippen molar-refractivity contribution in [1.82, 2.24) is 4.90 Å². The summed E-state index contributed by atoms with van der Waals surface area (Å²) in [6, 6.07) is 19.5. The fourth-order valence-electron chi connectivity index (χ4n) is 3.97. The molecule has 0 radical (unpaired) electrons. The molecule has 0 amide bonds. The number of benzene rings is 2. The highest BCUT2D eigenvalue weighted by atomic mass is 15.2. The first-order valence-corrected chi connectivity index (χ1v) is 7.38. The van der Waals surface area contributed by atoms with Gasteiger partial charge in [0.1, 0.15) is 0 Å². The van der Waals surface area contributed by atoms with Crippen molar-refractivity contribution in [2.75, 3.05) is 13.1 Å². The van der Waals surface area contributed by atoms with Gasteiger partial charge in [-0.05, 0) is 23.1 Å². The molecule has 2 N–H and O–H groups in total. The van der Waals surface area contributed by atoms with E-state index in [1.807, 2.05) is 0 Å². The molecule has 2 atom stereocenters.